The zero-order chi connectivity index (χ0) is 18.0. The molecule has 140 valence electrons. The Morgan fingerprint density at radius 1 is 1.15 bits per heavy atom. The molecule has 26 heavy (non-hydrogen) atoms. The molecular weight excluding hydrogens is 324 g/mol. The summed E-state index contributed by atoms with van der Waals surface area (Å²) < 4.78 is 12.0. The van der Waals surface area contributed by atoms with Crippen molar-refractivity contribution in [1.82, 2.24) is 0 Å². The third-order valence-electron chi connectivity index (χ3n) is 8.13. The zero-order valence-electron chi connectivity index (χ0n) is 16.1. The van der Waals surface area contributed by atoms with E-state index < -0.39 is 5.60 Å². The number of rotatable bonds is 0. The highest BCUT2D eigenvalue weighted by molar-refractivity contribution is 5.45. The van der Waals surface area contributed by atoms with Gasteiger partial charge in [0.25, 0.3) is 0 Å². The fraction of sp³-hybridized carbons (Fsp3) is 0.739. The molecule has 5 rings (SSSR count). The number of aliphatic hydroxyl groups is 1. The average molecular weight is 354 g/mol. The quantitative estimate of drug-likeness (QED) is 0.665. The Bertz CT molecular complexity index is 745. The van der Waals surface area contributed by atoms with Gasteiger partial charge < -0.3 is 14.6 Å². The topological polar surface area (TPSA) is 38.7 Å². The van der Waals surface area contributed by atoms with Crippen LogP contribution in [-0.2, 0) is 9.47 Å². The Hall–Kier alpha value is -1.08. The van der Waals surface area contributed by atoms with Gasteiger partial charge in [-0.25, -0.2) is 0 Å². The summed E-state index contributed by atoms with van der Waals surface area (Å²) in [6.07, 6.45) is 10.7. The fourth-order valence-electron chi connectivity index (χ4n) is 6.72. The molecule has 1 N–H and O–H groups in total. The molecule has 1 saturated carbocycles. The van der Waals surface area contributed by atoms with Gasteiger partial charge in [-0.05, 0) is 68.4 Å². The van der Waals surface area contributed by atoms with E-state index in [-0.39, 0.29) is 11.2 Å². The minimum atomic E-state index is -0.814. The lowest BCUT2D eigenvalue weighted by atomic mass is 9.56. The summed E-state index contributed by atoms with van der Waals surface area (Å²) in [5, 5.41) is 11.3. The molecule has 1 spiro atoms. The van der Waals surface area contributed by atoms with E-state index in [1.807, 2.05) is 6.92 Å². The van der Waals surface area contributed by atoms with Crippen LogP contribution in [0.15, 0.2) is 22.8 Å². The summed E-state index contributed by atoms with van der Waals surface area (Å²) in [6, 6.07) is 0. The summed E-state index contributed by atoms with van der Waals surface area (Å²) in [6.45, 7) is 5.61. The predicted octanol–water partition coefficient (Wildman–Crippen LogP) is 4.12. The fourth-order valence-corrected chi connectivity index (χ4v) is 6.72. The van der Waals surface area contributed by atoms with E-state index in [2.05, 4.69) is 24.8 Å². The molecule has 4 aliphatic carbocycles. The molecule has 3 nitrogen and oxygen atoms in total. The molecule has 1 aliphatic heterocycles. The van der Waals surface area contributed by atoms with Crippen LogP contribution >= 0.6 is 0 Å². The number of hydrogen-bond acceptors (Lipinski definition) is 3. The van der Waals surface area contributed by atoms with E-state index in [1.54, 1.807) is 16.7 Å². The van der Waals surface area contributed by atoms with E-state index in [9.17, 15) is 5.11 Å². The first-order valence-corrected chi connectivity index (χ1v) is 10.4. The smallest absolute Gasteiger partial charge is 0.172 e. The van der Waals surface area contributed by atoms with E-state index in [0.29, 0.717) is 11.8 Å². The molecule has 0 aromatic carbocycles. The maximum absolute atomic E-state index is 11.3. The first-order valence-electron chi connectivity index (χ1n) is 10.4. The standard InChI is InChI=1S/C23H30O3/c1-3-9-22(24)11-8-20-19-5-4-16-15-23(25-13-14-26-23)12-7-17(16)18(19)6-10-21(20,22)2/h6,19-20,24H,4-5,7-8,10-15H2,1-2H3/t19-,20?,21+,22+/m1/s1. The van der Waals surface area contributed by atoms with Gasteiger partial charge in [-0.15, -0.1) is 5.92 Å². The second kappa shape index (κ2) is 5.71. The molecule has 0 aromatic heterocycles. The predicted molar refractivity (Wildman–Crippen MR) is 100 cm³/mol. The van der Waals surface area contributed by atoms with Crippen molar-refractivity contribution in [2.75, 3.05) is 13.2 Å². The Morgan fingerprint density at radius 2 is 1.96 bits per heavy atom. The normalized spacial score (nSPS) is 43.3. The van der Waals surface area contributed by atoms with Crippen molar-refractivity contribution in [1.29, 1.82) is 0 Å². The largest absolute Gasteiger partial charge is 0.377 e. The molecule has 1 saturated heterocycles. The van der Waals surface area contributed by atoms with Gasteiger partial charge in [-0.2, -0.15) is 0 Å². The Balaban J connectivity index is 1.48. The van der Waals surface area contributed by atoms with Gasteiger partial charge in [0.05, 0.1) is 13.2 Å². The third kappa shape index (κ3) is 2.19. The van der Waals surface area contributed by atoms with Crippen LogP contribution in [0.2, 0.25) is 0 Å². The van der Waals surface area contributed by atoms with Crippen molar-refractivity contribution >= 4 is 0 Å². The van der Waals surface area contributed by atoms with E-state index in [1.165, 1.54) is 6.42 Å². The number of allylic oxidation sites excluding steroid dienone is 3. The molecule has 0 aromatic rings. The van der Waals surface area contributed by atoms with Gasteiger partial charge in [0.1, 0.15) is 5.60 Å². The van der Waals surface area contributed by atoms with Gasteiger partial charge in [0.15, 0.2) is 5.79 Å². The second-order valence-electron chi connectivity index (χ2n) is 9.17. The van der Waals surface area contributed by atoms with Crippen LogP contribution in [0.5, 0.6) is 0 Å². The lowest BCUT2D eigenvalue weighted by Gasteiger charge is -2.50. The molecule has 4 atom stereocenters. The summed E-state index contributed by atoms with van der Waals surface area (Å²) in [5.41, 5.74) is 3.85. The van der Waals surface area contributed by atoms with Gasteiger partial charge in [-0.1, -0.05) is 24.5 Å². The number of fused-ring (bicyclic) bond motifs is 4. The molecule has 3 heteroatoms. The van der Waals surface area contributed by atoms with E-state index in [4.69, 9.17) is 9.47 Å². The minimum absolute atomic E-state index is 0.101. The third-order valence-corrected chi connectivity index (χ3v) is 8.13. The van der Waals surface area contributed by atoms with E-state index >= 15 is 0 Å². The molecular formula is C23H30O3. The summed E-state index contributed by atoms with van der Waals surface area (Å²) in [7, 11) is 0. The minimum Gasteiger partial charge on any atom is -0.377 e. The highest BCUT2D eigenvalue weighted by Gasteiger charge is 2.60. The van der Waals surface area contributed by atoms with E-state index in [0.717, 1.165) is 58.2 Å². The molecule has 5 aliphatic rings. The van der Waals surface area contributed by atoms with Crippen LogP contribution in [0, 0.1) is 29.1 Å². The molecule has 1 unspecified atom stereocenters. The van der Waals surface area contributed by atoms with Crippen molar-refractivity contribution in [2.45, 2.75) is 76.6 Å². The van der Waals surface area contributed by atoms with Gasteiger partial charge in [-0.3, -0.25) is 0 Å². The lowest BCUT2D eigenvalue weighted by molar-refractivity contribution is -0.164. The van der Waals surface area contributed by atoms with Crippen molar-refractivity contribution < 1.29 is 14.6 Å². The molecule has 0 amide bonds. The van der Waals surface area contributed by atoms with Crippen LogP contribution in [0.3, 0.4) is 0 Å². The Kier molecular flexibility index (Phi) is 3.74. The van der Waals surface area contributed by atoms with Gasteiger partial charge in [0.2, 0.25) is 0 Å². The highest BCUT2D eigenvalue weighted by Crippen LogP contribution is 2.62. The van der Waals surface area contributed by atoms with Gasteiger partial charge >= 0.3 is 0 Å². The van der Waals surface area contributed by atoms with Crippen molar-refractivity contribution in [3.63, 3.8) is 0 Å². The first kappa shape index (κ1) is 17.0. The Labute approximate surface area is 156 Å². The molecule has 0 radical (unpaired) electrons. The summed E-state index contributed by atoms with van der Waals surface area (Å²) >= 11 is 0. The van der Waals surface area contributed by atoms with Crippen LogP contribution in [-0.4, -0.2) is 29.7 Å². The number of ether oxygens (including phenoxy) is 2. The zero-order valence-corrected chi connectivity index (χ0v) is 16.1. The maximum Gasteiger partial charge on any atom is 0.172 e. The molecule has 1 heterocycles. The van der Waals surface area contributed by atoms with Crippen molar-refractivity contribution in [2.24, 2.45) is 17.3 Å². The first-order chi connectivity index (χ1) is 12.5. The average Bonchev–Trinajstić information content (AvgIpc) is 3.18. The highest BCUT2D eigenvalue weighted by atomic mass is 16.7. The second-order valence-corrected chi connectivity index (χ2v) is 9.17. The van der Waals surface area contributed by atoms with Crippen LogP contribution in [0.1, 0.15) is 65.2 Å². The monoisotopic (exact) mass is 354 g/mol. The van der Waals surface area contributed by atoms with Crippen LogP contribution in [0.4, 0.5) is 0 Å². The van der Waals surface area contributed by atoms with Gasteiger partial charge in [0, 0.05) is 18.3 Å². The molecule has 0 bridgehead atoms. The lowest BCUT2D eigenvalue weighted by Crippen LogP contribution is -2.48. The van der Waals surface area contributed by atoms with Crippen molar-refractivity contribution in [3.8, 4) is 11.8 Å². The SMILES string of the molecule is CC#C[C@]1(O)CCC2[C@@H]3CCC4=C(CCC5(C4)OCCO5)C3=CC[C@@]21C. The van der Waals surface area contributed by atoms with Crippen LogP contribution in [0.25, 0.3) is 0 Å². The van der Waals surface area contributed by atoms with Crippen molar-refractivity contribution in [3.05, 3.63) is 22.8 Å². The number of hydrogen-bond donors (Lipinski definition) is 1. The summed E-state index contributed by atoms with van der Waals surface area (Å²) in [4.78, 5) is 0. The molecule has 2 fully saturated rings. The van der Waals surface area contributed by atoms with Crippen LogP contribution < -0.4 is 0 Å². The maximum atomic E-state index is 11.3. The Morgan fingerprint density at radius 3 is 2.73 bits per heavy atom. The summed E-state index contributed by atoms with van der Waals surface area (Å²) in [5.74, 6) is 7.00.